The third kappa shape index (κ3) is 2.28. The molecule has 0 aromatic heterocycles. The van der Waals surface area contributed by atoms with E-state index in [-0.39, 0.29) is 0 Å². The molecule has 0 fully saturated rings. The van der Waals surface area contributed by atoms with Gasteiger partial charge in [-0.25, -0.2) is 4.39 Å². The zero-order valence-electron chi connectivity index (χ0n) is 8.99. The maximum Gasteiger partial charge on any atom is 0.115 e. The van der Waals surface area contributed by atoms with E-state index in [1.165, 1.54) is 0 Å². The van der Waals surface area contributed by atoms with Crippen LogP contribution in [0.5, 0.6) is 0 Å². The maximum atomic E-state index is 12.3. The normalized spacial score (nSPS) is 10.4. The van der Waals surface area contributed by atoms with Gasteiger partial charge in [-0.15, -0.1) is 0 Å². The van der Waals surface area contributed by atoms with E-state index in [0.717, 1.165) is 16.7 Å². The second-order valence-corrected chi connectivity index (χ2v) is 3.73. The number of hydrogen-bond acceptors (Lipinski definition) is 1. The molecule has 82 valence electrons. The topological polar surface area (TPSA) is 26.0 Å². The van der Waals surface area contributed by atoms with Crippen LogP contribution in [0, 0.1) is 0 Å². The largest absolute Gasteiger partial charge is 0.326 e. The fourth-order valence-corrected chi connectivity index (χ4v) is 1.62. The lowest BCUT2D eigenvalue weighted by Gasteiger charge is -2.03. The van der Waals surface area contributed by atoms with Crippen LogP contribution in [0.3, 0.4) is 0 Å². The van der Waals surface area contributed by atoms with E-state index in [1.807, 2.05) is 48.5 Å². The van der Waals surface area contributed by atoms with Gasteiger partial charge in [0, 0.05) is 6.54 Å². The highest BCUT2D eigenvalue weighted by Crippen LogP contribution is 2.20. The first-order valence-corrected chi connectivity index (χ1v) is 5.28. The van der Waals surface area contributed by atoms with Gasteiger partial charge in [-0.1, -0.05) is 48.5 Å². The van der Waals surface area contributed by atoms with E-state index in [1.54, 1.807) is 0 Å². The molecule has 0 amide bonds. The lowest BCUT2D eigenvalue weighted by Crippen LogP contribution is -1.95. The summed E-state index contributed by atoms with van der Waals surface area (Å²) in [4.78, 5) is 0. The van der Waals surface area contributed by atoms with E-state index in [4.69, 9.17) is 5.73 Å². The molecule has 2 aromatic rings. The Morgan fingerprint density at radius 1 is 0.750 bits per heavy atom. The van der Waals surface area contributed by atoms with Crippen LogP contribution in [0.25, 0.3) is 11.1 Å². The predicted octanol–water partition coefficient (Wildman–Crippen LogP) is 3.28. The first-order valence-electron chi connectivity index (χ1n) is 5.28. The Hall–Kier alpha value is -1.67. The Labute approximate surface area is 94.7 Å². The highest BCUT2D eigenvalue weighted by molar-refractivity contribution is 5.63. The standard InChI is InChI=1S/C14H14FN/c15-9-11-1-5-13(6-2-11)14-7-3-12(10-16)4-8-14/h1-8H,9-10,16H2. The van der Waals surface area contributed by atoms with E-state index in [0.29, 0.717) is 12.1 Å². The Kier molecular flexibility index (Phi) is 3.32. The Balaban J connectivity index is 2.28. The fourth-order valence-electron chi connectivity index (χ4n) is 1.62. The molecule has 0 bridgehead atoms. The minimum absolute atomic E-state index is 0.410. The fraction of sp³-hybridized carbons (Fsp3) is 0.143. The summed E-state index contributed by atoms with van der Waals surface area (Å²) in [6.07, 6.45) is 0. The van der Waals surface area contributed by atoms with Crippen LogP contribution in [0.1, 0.15) is 11.1 Å². The van der Waals surface area contributed by atoms with Gasteiger partial charge in [0.25, 0.3) is 0 Å². The van der Waals surface area contributed by atoms with Crippen LogP contribution in [-0.2, 0) is 13.2 Å². The second kappa shape index (κ2) is 4.90. The highest BCUT2D eigenvalue weighted by Gasteiger charge is 1.98. The number of hydrogen-bond donors (Lipinski definition) is 1. The number of nitrogens with two attached hydrogens (primary N) is 1. The van der Waals surface area contributed by atoms with Gasteiger partial charge in [-0.3, -0.25) is 0 Å². The Morgan fingerprint density at radius 3 is 1.56 bits per heavy atom. The third-order valence-electron chi connectivity index (χ3n) is 2.63. The number of rotatable bonds is 3. The summed E-state index contributed by atoms with van der Waals surface area (Å²) in [6.45, 7) is 0.146. The van der Waals surface area contributed by atoms with Gasteiger partial charge in [-0.05, 0) is 22.3 Å². The van der Waals surface area contributed by atoms with Gasteiger partial charge < -0.3 is 5.73 Å². The summed E-state index contributed by atoms with van der Waals surface area (Å²) in [5, 5.41) is 0. The summed E-state index contributed by atoms with van der Waals surface area (Å²) >= 11 is 0. The average Bonchev–Trinajstić information content (AvgIpc) is 2.39. The molecular weight excluding hydrogens is 201 g/mol. The van der Waals surface area contributed by atoms with Crippen molar-refractivity contribution in [3.8, 4) is 11.1 Å². The molecule has 0 aliphatic rings. The molecule has 0 unspecified atom stereocenters. The molecule has 16 heavy (non-hydrogen) atoms. The zero-order valence-corrected chi connectivity index (χ0v) is 8.99. The van der Waals surface area contributed by atoms with E-state index >= 15 is 0 Å². The van der Waals surface area contributed by atoms with Crippen LogP contribution < -0.4 is 5.73 Å². The minimum Gasteiger partial charge on any atom is -0.326 e. The molecule has 1 nitrogen and oxygen atoms in total. The first kappa shape index (κ1) is 10.8. The maximum absolute atomic E-state index is 12.3. The Morgan fingerprint density at radius 2 is 1.19 bits per heavy atom. The lowest BCUT2D eigenvalue weighted by molar-refractivity contribution is 0.485. The molecule has 0 aliphatic heterocycles. The molecule has 0 saturated carbocycles. The van der Waals surface area contributed by atoms with Crippen molar-refractivity contribution in [1.82, 2.24) is 0 Å². The van der Waals surface area contributed by atoms with Crippen molar-refractivity contribution < 1.29 is 4.39 Å². The molecule has 0 aliphatic carbocycles. The highest BCUT2D eigenvalue weighted by atomic mass is 19.1. The first-order chi connectivity index (χ1) is 7.83. The van der Waals surface area contributed by atoms with Crippen molar-refractivity contribution in [3.05, 3.63) is 59.7 Å². The van der Waals surface area contributed by atoms with Gasteiger partial charge in [-0.2, -0.15) is 0 Å². The minimum atomic E-state index is -0.410. The molecule has 2 aromatic carbocycles. The van der Waals surface area contributed by atoms with Gasteiger partial charge in [0.05, 0.1) is 0 Å². The zero-order chi connectivity index (χ0) is 11.4. The molecule has 0 spiro atoms. The average molecular weight is 215 g/mol. The van der Waals surface area contributed by atoms with Gasteiger partial charge in [0.2, 0.25) is 0 Å². The van der Waals surface area contributed by atoms with Crippen molar-refractivity contribution >= 4 is 0 Å². The Bertz CT molecular complexity index is 400. The monoisotopic (exact) mass is 215 g/mol. The number of alkyl halides is 1. The van der Waals surface area contributed by atoms with Crippen LogP contribution in [0.4, 0.5) is 4.39 Å². The number of halogens is 1. The number of benzene rings is 2. The molecule has 2 rings (SSSR count). The van der Waals surface area contributed by atoms with Crippen molar-refractivity contribution in [3.63, 3.8) is 0 Å². The van der Waals surface area contributed by atoms with Crippen LogP contribution in [0.2, 0.25) is 0 Å². The van der Waals surface area contributed by atoms with Crippen molar-refractivity contribution in [1.29, 1.82) is 0 Å². The molecule has 0 radical (unpaired) electrons. The van der Waals surface area contributed by atoms with E-state index in [9.17, 15) is 4.39 Å². The summed E-state index contributed by atoms with van der Waals surface area (Å²) in [5.41, 5.74) is 9.59. The summed E-state index contributed by atoms with van der Waals surface area (Å²) in [5.74, 6) is 0. The van der Waals surface area contributed by atoms with Gasteiger partial charge in [0.1, 0.15) is 6.67 Å². The molecular formula is C14H14FN. The quantitative estimate of drug-likeness (QED) is 0.835. The van der Waals surface area contributed by atoms with Crippen LogP contribution in [0.15, 0.2) is 48.5 Å². The molecule has 2 N–H and O–H groups in total. The third-order valence-corrected chi connectivity index (χ3v) is 2.63. The summed E-state index contributed by atoms with van der Waals surface area (Å²) < 4.78 is 12.3. The summed E-state index contributed by atoms with van der Waals surface area (Å²) in [6, 6.07) is 15.6. The molecule has 0 saturated heterocycles. The SMILES string of the molecule is NCc1ccc(-c2ccc(CF)cc2)cc1. The second-order valence-electron chi connectivity index (χ2n) is 3.73. The van der Waals surface area contributed by atoms with E-state index in [2.05, 4.69) is 0 Å². The van der Waals surface area contributed by atoms with Gasteiger partial charge in [0.15, 0.2) is 0 Å². The molecule has 0 heterocycles. The molecule has 2 heteroatoms. The summed E-state index contributed by atoms with van der Waals surface area (Å²) in [7, 11) is 0. The van der Waals surface area contributed by atoms with E-state index < -0.39 is 6.67 Å². The van der Waals surface area contributed by atoms with Crippen LogP contribution >= 0.6 is 0 Å². The smallest absolute Gasteiger partial charge is 0.115 e. The van der Waals surface area contributed by atoms with Crippen molar-refractivity contribution in [2.45, 2.75) is 13.2 Å². The predicted molar refractivity (Wildman–Crippen MR) is 64.6 cm³/mol. The van der Waals surface area contributed by atoms with Crippen molar-refractivity contribution in [2.75, 3.05) is 0 Å². The van der Waals surface area contributed by atoms with Crippen LogP contribution in [-0.4, -0.2) is 0 Å². The van der Waals surface area contributed by atoms with Crippen molar-refractivity contribution in [2.24, 2.45) is 5.73 Å². The van der Waals surface area contributed by atoms with Gasteiger partial charge >= 0.3 is 0 Å². The lowest BCUT2D eigenvalue weighted by atomic mass is 10.0. The molecule has 0 atom stereocenters.